The predicted octanol–water partition coefficient (Wildman–Crippen LogP) is 11.1. The molecule has 0 aromatic heterocycles. The summed E-state index contributed by atoms with van der Waals surface area (Å²) in [6.45, 7) is 0. The number of hydrogen-bond donors (Lipinski definition) is 0. The summed E-state index contributed by atoms with van der Waals surface area (Å²) in [6.07, 6.45) is -21.7. The molecule has 0 N–H and O–H groups in total. The number of halogens is 12. The third-order valence-electron chi connectivity index (χ3n) is 8.75. The normalized spacial score (nSPS) is 15.8. The van der Waals surface area contributed by atoms with Gasteiger partial charge in [0.15, 0.2) is 23.0 Å². The van der Waals surface area contributed by atoms with Gasteiger partial charge in [-0.05, 0) is 92.1 Å². The molecule has 0 saturated carbocycles. The monoisotopic (exact) mass is 818 g/mol. The lowest BCUT2D eigenvalue weighted by atomic mass is 9.85. The van der Waals surface area contributed by atoms with Gasteiger partial charge in [-0.1, -0.05) is 36.4 Å². The second kappa shape index (κ2) is 14.3. The van der Waals surface area contributed by atoms with Gasteiger partial charge in [-0.15, -0.1) is 52.7 Å². The number of ether oxygens (including phenoxy) is 4. The largest absolute Gasteiger partial charge is 0.573 e. The van der Waals surface area contributed by atoms with Gasteiger partial charge in [0.2, 0.25) is 0 Å². The number of nitriles is 4. The summed E-state index contributed by atoms with van der Waals surface area (Å²) in [7, 11) is 0. The summed E-state index contributed by atoms with van der Waals surface area (Å²) >= 11 is 0. The number of alkyl halides is 12. The third kappa shape index (κ3) is 8.13. The second-order valence-electron chi connectivity index (χ2n) is 12.1. The Labute approximate surface area is 316 Å². The van der Waals surface area contributed by atoms with Crippen molar-refractivity contribution < 1.29 is 71.6 Å². The summed E-state index contributed by atoms with van der Waals surface area (Å²) in [4.78, 5) is 0. The molecule has 2 aliphatic carbocycles. The van der Waals surface area contributed by atoms with E-state index in [2.05, 4.69) is 18.9 Å². The molecule has 0 radical (unpaired) electrons. The van der Waals surface area contributed by atoms with Crippen molar-refractivity contribution in [3.05, 3.63) is 106 Å². The Bertz CT molecular complexity index is 2390. The SMILES string of the molecule is N#CC(C#N)=C1c2ccc(-c3ccc(OC(F)(F)F)c(OC(F)(F)F)c3)cc2C2C(=C(C#N)C#N)c3ccc(-c4ccc(OC(F)(F)F)c(OC(F)(F)F)c4)cc3C12. The van der Waals surface area contributed by atoms with Gasteiger partial charge in [0.1, 0.15) is 35.4 Å². The highest BCUT2D eigenvalue weighted by atomic mass is 19.4. The third-order valence-corrected chi connectivity index (χ3v) is 8.75. The number of allylic oxidation sites excluding steroid dienone is 4. The van der Waals surface area contributed by atoms with Gasteiger partial charge in [-0.2, -0.15) is 21.0 Å². The van der Waals surface area contributed by atoms with E-state index >= 15 is 0 Å². The van der Waals surface area contributed by atoms with Crippen molar-refractivity contribution in [3.8, 4) is 69.5 Å². The molecule has 0 heterocycles. The lowest BCUT2D eigenvalue weighted by molar-refractivity contribution is -0.287. The molecule has 0 aliphatic heterocycles. The first-order valence-electron chi connectivity index (χ1n) is 15.7. The molecule has 0 fully saturated rings. The van der Waals surface area contributed by atoms with Crippen molar-refractivity contribution in [2.75, 3.05) is 0 Å². The number of nitrogens with zero attached hydrogens (tertiary/aromatic N) is 4. The lowest BCUT2D eigenvalue weighted by Crippen LogP contribution is -2.21. The number of hydrogen-bond acceptors (Lipinski definition) is 8. The minimum absolute atomic E-state index is 0.0326. The first-order valence-corrected chi connectivity index (χ1v) is 15.7. The molecule has 0 spiro atoms. The number of fused-ring (bicyclic) bond motifs is 5. The standard InChI is InChI=1S/C38H14F12N4O4/c39-35(40,41)55-27-7-3-19(11-29(27)57-37(45,46)47)17-1-5-23-25(9-17)33-32(22(15-53)16-54)24-6-2-18(10-26(24)34(33)31(23)21(13-51)14-52)20-4-8-28(56-36(42,43)44)30(12-20)58-38(48,49)50/h1-12,33-34H. The number of benzene rings is 4. The highest BCUT2D eigenvalue weighted by Gasteiger charge is 2.49. The van der Waals surface area contributed by atoms with Gasteiger partial charge in [0, 0.05) is 11.8 Å². The van der Waals surface area contributed by atoms with Crippen LogP contribution in [0.2, 0.25) is 0 Å². The Morgan fingerprint density at radius 3 is 0.966 bits per heavy atom. The van der Waals surface area contributed by atoms with Crippen LogP contribution in [0.25, 0.3) is 33.4 Å². The Morgan fingerprint density at radius 1 is 0.397 bits per heavy atom. The molecule has 4 aromatic carbocycles. The van der Waals surface area contributed by atoms with Crippen LogP contribution in [0.5, 0.6) is 23.0 Å². The first kappa shape index (κ1) is 40.3. The molecule has 2 unspecified atom stereocenters. The highest BCUT2D eigenvalue weighted by Crippen LogP contribution is 2.64. The van der Waals surface area contributed by atoms with E-state index in [4.69, 9.17) is 0 Å². The van der Waals surface area contributed by atoms with Crippen molar-refractivity contribution in [3.63, 3.8) is 0 Å². The summed E-state index contributed by atoms with van der Waals surface area (Å²) < 4.78 is 172. The summed E-state index contributed by atoms with van der Waals surface area (Å²) in [5.74, 6) is -7.59. The van der Waals surface area contributed by atoms with Crippen molar-refractivity contribution in [1.29, 1.82) is 21.0 Å². The maximum absolute atomic E-state index is 13.2. The fourth-order valence-corrected chi connectivity index (χ4v) is 6.90. The molecule has 6 rings (SSSR count). The van der Waals surface area contributed by atoms with Gasteiger partial charge >= 0.3 is 25.4 Å². The maximum atomic E-state index is 13.2. The van der Waals surface area contributed by atoms with Crippen molar-refractivity contribution in [2.45, 2.75) is 37.3 Å². The zero-order chi connectivity index (χ0) is 42.5. The molecule has 0 amide bonds. The van der Waals surface area contributed by atoms with E-state index in [0.717, 1.165) is 12.1 Å². The molecule has 2 atom stereocenters. The van der Waals surface area contributed by atoms with Crippen molar-refractivity contribution in [1.82, 2.24) is 0 Å². The average Bonchev–Trinajstić information content (AvgIpc) is 3.61. The Balaban J connectivity index is 1.56. The fourth-order valence-electron chi connectivity index (χ4n) is 6.90. The zero-order valence-corrected chi connectivity index (χ0v) is 28.0. The lowest BCUT2D eigenvalue weighted by Gasteiger charge is -2.17. The van der Waals surface area contributed by atoms with Crippen LogP contribution in [0.1, 0.15) is 34.1 Å². The molecule has 20 heteroatoms. The van der Waals surface area contributed by atoms with Crippen LogP contribution in [-0.4, -0.2) is 25.4 Å². The predicted molar refractivity (Wildman–Crippen MR) is 172 cm³/mol. The Morgan fingerprint density at radius 2 is 0.672 bits per heavy atom. The minimum Gasteiger partial charge on any atom is -0.402 e. The van der Waals surface area contributed by atoms with Crippen molar-refractivity contribution in [2.24, 2.45) is 0 Å². The average molecular weight is 819 g/mol. The summed E-state index contributed by atoms with van der Waals surface area (Å²) in [6, 6.07) is 19.4. The van der Waals surface area contributed by atoms with E-state index in [-0.39, 0.29) is 55.7 Å². The van der Waals surface area contributed by atoms with Gasteiger partial charge < -0.3 is 18.9 Å². The van der Waals surface area contributed by atoms with Gasteiger partial charge in [0.25, 0.3) is 0 Å². The van der Waals surface area contributed by atoms with Crippen LogP contribution < -0.4 is 18.9 Å². The minimum atomic E-state index is -5.46. The van der Waals surface area contributed by atoms with Crippen LogP contribution in [0.4, 0.5) is 52.7 Å². The van der Waals surface area contributed by atoms with E-state index < -0.39 is 71.4 Å². The number of rotatable bonds is 6. The highest BCUT2D eigenvalue weighted by molar-refractivity contribution is 6.00. The molecule has 294 valence electrons. The molecule has 4 aromatic rings. The van der Waals surface area contributed by atoms with Crippen LogP contribution >= 0.6 is 0 Å². The molecular weight excluding hydrogens is 804 g/mol. The Kier molecular flexibility index (Phi) is 9.96. The summed E-state index contributed by atoms with van der Waals surface area (Å²) in [5.41, 5.74) is -0.338. The first-order chi connectivity index (χ1) is 27.0. The van der Waals surface area contributed by atoms with E-state index in [0.29, 0.717) is 24.3 Å². The van der Waals surface area contributed by atoms with Crippen LogP contribution in [-0.2, 0) is 0 Å². The van der Waals surface area contributed by atoms with E-state index in [9.17, 15) is 73.7 Å². The fraction of sp³-hybridized carbons (Fsp3) is 0.158. The smallest absolute Gasteiger partial charge is 0.402 e. The topological polar surface area (TPSA) is 132 Å². The summed E-state index contributed by atoms with van der Waals surface area (Å²) in [5, 5.41) is 40.1. The van der Waals surface area contributed by atoms with Crippen LogP contribution in [0, 0.1) is 45.3 Å². The van der Waals surface area contributed by atoms with Gasteiger partial charge in [0.05, 0.1) is 0 Å². The van der Waals surface area contributed by atoms with Crippen LogP contribution in [0.15, 0.2) is 83.9 Å². The molecule has 0 saturated heterocycles. The molecule has 2 aliphatic rings. The molecule has 0 bridgehead atoms. The molecular formula is C38H14F12N4O4. The zero-order valence-electron chi connectivity index (χ0n) is 28.0. The van der Waals surface area contributed by atoms with E-state index in [1.807, 2.05) is 0 Å². The van der Waals surface area contributed by atoms with Gasteiger partial charge in [-0.25, -0.2) is 0 Å². The molecule has 58 heavy (non-hydrogen) atoms. The quantitative estimate of drug-likeness (QED) is 0.139. The molecule has 8 nitrogen and oxygen atoms in total. The van der Waals surface area contributed by atoms with Crippen molar-refractivity contribution >= 4 is 11.1 Å². The maximum Gasteiger partial charge on any atom is 0.573 e. The second-order valence-corrected chi connectivity index (χ2v) is 12.1. The van der Waals surface area contributed by atoms with E-state index in [1.54, 1.807) is 24.3 Å². The van der Waals surface area contributed by atoms with Gasteiger partial charge in [-0.3, -0.25) is 0 Å². The Hall–Kier alpha value is -7.32. The van der Waals surface area contributed by atoms with Crippen LogP contribution in [0.3, 0.4) is 0 Å². The van der Waals surface area contributed by atoms with E-state index in [1.165, 1.54) is 36.4 Å².